The summed E-state index contributed by atoms with van der Waals surface area (Å²) in [5.41, 5.74) is 1.96. The van der Waals surface area contributed by atoms with Gasteiger partial charge in [0.25, 0.3) is 10.0 Å². The highest BCUT2D eigenvalue weighted by Gasteiger charge is 2.38. The van der Waals surface area contributed by atoms with Gasteiger partial charge in [-0.15, -0.1) is 0 Å². The summed E-state index contributed by atoms with van der Waals surface area (Å²) in [6, 6.07) is 11.8. The molecule has 0 saturated carbocycles. The maximum absolute atomic E-state index is 14.0. The second-order valence-corrected chi connectivity index (χ2v) is 8.81. The monoisotopic (exact) mass is 400 g/mol. The number of hydrogen-bond acceptors (Lipinski definition) is 4. The molecule has 146 valence electrons. The van der Waals surface area contributed by atoms with Crippen molar-refractivity contribution in [3.05, 3.63) is 77.8 Å². The summed E-state index contributed by atoms with van der Waals surface area (Å²) in [7, 11) is -1.95. The van der Waals surface area contributed by atoms with E-state index in [-0.39, 0.29) is 16.9 Å². The predicted molar refractivity (Wildman–Crippen MR) is 103 cm³/mol. The Hall–Kier alpha value is -2.58. The summed E-state index contributed by atoms with van der Waals surface area (Å²) >= 11 is 0. The zero-order chi connectivity index (χ0) is 19.7. The van der Waals surface area contributed by atoms with Crippen LogP contribution in [0.15, 0.2) is 60.0 Å². The van der Waals surface area contributed by atoms with E-state index in [9.17, 15) is 12.8 Å². The van der Waals surface area contributed by atoms with Crippen LogP contribution in [-0.4, -0.2) is 33.8 Å². The van der Waals surface area contributed by atoms with Crippen molar-refractivity contribution in [1.82, 2.24) is 18.8 Å². The second-order valence-electron chi connectivity index (χ2n) is 6.97. The molecule has 0 aliphatic carbocycles. The van der Waals surface area contributed by atoms with Gasteiger partial charge in [-0.3, -0.25) is 4.98 Å². The molecule has 6 nitrogen and oxygen atoms in total. The summed E-state index contributed by atoms with van der Waals surface area (Å²) in [5.74, 6) is -0.269. The summed E-state index contributed by atoms with van der Waals surface area (Å²) < 4.78 is 43.1. The fraction of sp³-hybridized carbons (Fsp3) is 0.300. The molecule has 3 aromatic rings. The lowest BCUT2D eigenvalue weighted by Gasteiger charge is -2.23. The molecule has 1 aliphatic heterocycles. The number of nitrogens with zero attached hydrogens (tertiary/aromatic N) is 4. The Kier molecular flexibility index (Phi) is 4.99. The largest absolute Gasteiger partial charge is 0.339 e. The molecular formula is C20H21FN4O2S. The first-order valence-corrected chi connectivity index (χ1v) is 10.6. The van der Waals surface area contributed by atoms with Crippen LogP contribution in [0.2, 0.25) is 0 Å². The second kappa shape index (κ2) is 7.44. The molecule has 0 radical (unpaired) electrons. The minimum absolute atomic E-state index is 0.0458. The van der Waals surface area contributed by atoms with Crippen molar-refractivity contribution in [3.8, 4) is 0 Å². The van der Waals surface area contributed by atoms with Crippen molar-refractivity contribution in [3.63, 3.8) is 0 Å². The SMILES string of the molecule is Cn1cnc(S(=O)(=O)N2CCC[C@H]2c2cccc(Cc3ccccc3F)n2)c1. The molecule has 0 unspecified atom stereocenters. The van der Waals surface area contributed by atoms with E-state index < -0.39 is 10.0 Å². The third kappa shape index (κ3) is 3.57. The van der Waals surface area contributed by atoms with Gasteiger partial charge in [0.15, 0.2) is 5.03 Å². The number of halogens is 1. The van der Waals surface area contributed by atoms with E-state index in [1.165, 1.54) is 22.9 Å². The Morgan fingerprint density at radius 3 is 2.75 bits per heavy atom. The van der Waals surface area contributed by atoms with Crippen LogP contribution in [0.4, 0.5) is 4.39 Å². The normalized spacial score (nSPS) is 17.9. The lowest BCUT2D eigenvalue weighted by molar-refractivity contribution is 0.388. The highest BCUT2D eigenvalue weighted by Crippen LogP contribution is 2.35. The standard InChI is InChI=1S/C20H21FN4O2S/c1-24-13-20(22-14-24)28(26,27)25-11-5-10-19(25)18-9-4-7-16(23-18)12-15-6-2-3-8-17(15)21/h2-4,6-9,13-14,19H,5,10-12H2,1H3/t19-/m0/s1. The lowest BCUT2D eigenvalue weighted by Crippen LogP contribution is -2.31. The zero-order valence-corrected chi connectivity index (χ0v) is 16.3. The quantitative estimate of drug-likeness (QED) is 0.660. The molecule has 0 spiro atoms. The minimum Gasteiger partial charge on any atom is -0.339 e. The molecule has 0 amide bonds. The molecule has 8 heteroatoms. The first-order valence-electron chi connectivity index (χ1n) is 9.14. The fourth-order valence-electron chi connectivity index (χ4n) is 3.58. The van der Waals surface area contributed by atoms with Crippen LogP contribution in [0.1, 0.15) is 35.8 Å². The number of benzene rings is 1. The third-order valence-electron chi connectivity index (χ3n) is 4.96. The van der Waals surface area contributed by atoms with Gasteiger partial charge < -0.3 is 4.57 Å². The van der Waals surface area contributed by atoms with Crippen molar-refractivity contribution in [1.29, 1.82) is 0 Å². The van der Waals surface area contributed by atoms with Gasteiger partial charge in [0.05, 0.1) is 18.1 Å². The first-order chi connectivity index (χ1) is 13.4. The summed E-state index contributed by atoms with van der Waals surface area (Å²) in [4.78, 5) is 8.67. The molecular weight excluding hydrogens is 379 g/mol. The molecule has 0 bridgehead atoms. The van der Waals surface area contributed by atoms with Crippen molar-refractivity contribution in [2.75, 3.05) is 6.54 Å². The Bertz CT molecular complexity index is 1100. The van der Waals surface area contributed by atoms with E-state index in [4.69, 9.17) is 0 Å². The van der Waals surface area contributed by atoms with Crippen molar-refractivity contribution < 1.29 is 12.8 Å². The molecule has 2 aromatic heterocycles. The van der Waals surface area contributed by atoms with Crippen LogP contribution in [0, 0.1) is 5.82 Å². The Morgan fingerprint density at radius 2 is 2.00 bits per heavy atom. The van der Waals surface area contributed by atoms with Crippen LogP contribution in [-0.2, 0) is 23.5 Å². The molecule has 4 rings (SSSR count). The van der Waals surface area contributed by atoms with Gasteiger partial charge in [0, 0.05) is 31.9 Å². The van der Waals surface area contributed by atoms with Gasteiger partial charge in [-0.1, -0.05) is 24.3 Å². The Labute approximate surface area is 163 Å². The van der Waals surface area contributed by atoms with Crippen LogP contribution >= 0.6 is 0 Å². The molecule has 1 aliphatic rings. The summed E-state index contributed by atoms with van der Waals surface area (Å²) in [5, 5.41) is 0.0458. The number of aryl methyl sites for hydroxylation is 1. The third-order valence-corrected chi connectivity index (χ3v) is 6.75. The highest BCUT2D eigenvalue weighted by atomic mass is 32.2. The predicted octanol–water partition coefficient (Wildman–Crippen LogP) is 3.07. The van der Waals surface area contributed by atoms with Crippen molar-refractivity contribution in [2.45, 2.75) is 30.3 Å². The smallest absolute Gasteiger partial charge is 0.262 e. The minimum atomic E-state index is -3.69. The van der Waals surface area contributed by atoms with Gasteiger partial charge in [0.1, 0.15) is 5.82 Å². The number of sulfonamides is 1. The van der Waals surface area contributed by atoms with Gasteiger partial charge in [0.2, 0.25) is 0 Å². The van der Waals surface area contributed by atoms with E-state index in [0.717, 1.165) is 6.42 Å². The van der Waals surface area contributed by atoms with E-state index in [2.05, 4.69) is 9.97 Å². The molecule has 3 heterocycles. The topological polar surface area (TPSA) is 68.1 Å². The van der Waals surface area contributed by atoms with Gasteiger partial charge in [-0.2, -0.15) is 4.31 Å². The Morgan fingerprint density at radius 1 is 1.18 bits per heavy atom. The van der Waals surface area contributed by atoms with Crippen LogP contribution < -0.4 is 0 Å². The molecule has 28 heavy (non-hydrogen) atoms. The van der Waals surface area contributed by atoms with Gasteiger partial charge >= 0.3 is 0 Å². The highest BCUT2D eigenvalue weighted by molar-refractivity contribution is 7.89. The number of pyridine rings is 1. The van der Waals surface area contributed by atoms with E-state index in [1.54, 1.807) is 29.8 Å². The molecule has 1 aromatic carbocycles. The average Bonchev–Trinajstić information content (AvgIpc) is 3.34. The number of imidazole rings is 1. The Balaban J connectivity index is 1.62. The molecule has 0 N–H and O–H groups in total. The van der Waals surface area contributed by atoms with E-state index in [0.29, 0.717) is 36.3 Å². The first kappa shape index (κ1) is 18.8. The van der Waals surface area contributed by atoms with E-state index >= 15 is 0 Å². The summed E-state index contributed by atoms with van der Waals surface area (Å²) in [6.45, 7) is 0.433. The maximum atomic E-state index is 14.0. The van der Waals surface area contributed by atoms with Gasteiger partial charge in [-0.25, -0.2) is 17.8 Å². The lowest BCUT2D eigenvalue weighted by atomic mass is 10.1. The van der Waals surface area contributed by atoms with Crippen LogP contribution in [0.25, 0.3) is 0 Å². The maximum Gasteiger partial charge on any atom is 0.262 e. The summed E-state index contributed by atoms with van der Waals surface area (Å²) in [6.07, 6.45) is 4.80. The zero-order valence-electron chi connectivity index (χ0n) is 15.5. The molecule has 1 fully saturated rings. The molecule has 1 atom stereocenters. The van der Waals surface area contributed by atoms with Crippen LogP contribution in [0.5, 0.6) is 0 Å². The van der Waals surface area contributed by atoms with Crippen molar-refractivity contribution in [2.24, 2.45) is 7.05 Å². The number of rotatable bonds is 5. The van der Waals surface area contributed by atoms with E-state index in [1.807, 2.05) is 18.2 Å². The van der Waals surface area contributed by atoms with Crippen LogP contribution in [0.3, 0.4) is 0 Å². The van der Waals surface area contributed by atoms with Crippen molar-refractivity contribution >= 4 is 10.0 Å². The fourth-order valence-corrected chi connectivity index (χ4v) is 5.22. The molecule has 1 saturated heterocycles. The van der Waals surface area contributed by atoms with Gasteiger partial charge in [-0.05, 0) is 36.6 Å². The average molecular weight is 400 g/mol. The number of aromatic nitrogens is 3. The number of hydrogen-bond donors (Lipinski definition) is 0.